The van der Waals surface area contributed by atoms with E-state index in [0.29, 0.717) is 11.9 Å². The number of alkyl halides is 1. The van der Waals surface area contributed by atoms with Gasteiger partial charge in [0.15, 0.2) is 0 Å². The topological polar surface area (TPSA) is 16.1 Å². The van der Waals surface area contributed by atoms with Crippen molar-refractivity contribution in [1.82, 2.24) is 4.98 Å². The molecule has 2 rings (SSSR count). The lowest BCUT2D eigenvalue weighted by atomic mass is 9.84. The average Bonchev–Trinajstić information content (AvgIpc) is 2.46. The maximum absolute atomic E-state index is 5.99. The minimum atomic E-state index is 0.540. The Balaban J connectivity index is 2.05. The number of anilines is 1. The average molecular weight is 267 g/mol. The molecule has 1 aliphatic carbocycles. The van der Waals surface area contributed by atoms with Crippen LogP contribution in [0.1, 0.15) is 44.6 Å². The van der Waals surface area contributed by atoms with E-state index < -0.39 is 0 Å². The van der Waals surface area contributed by atoms with Gasteiger partial charge in [-0.25, -0.2) is 0 Å². The number of hydrogen-bond acceptors (Lipinski definition) is 2. The molecular weight excluding hydrogens is 244 g/mol. The van der Waals surface area contributed by atoms with Gasteiger partial charge in [0.2, 0.25) is 0 Å². The Morgan fingerprint density at radius 3 is 2.67 bits per heavy atom. The Morgan fingerprint density at radius 2 is 2.06 bits per heavy atom. The predicted octanol–water partition coefficient (Wildman–Crippen LogP) is 4.23. The van der Waals surface area contributed by atoms with Gasteiger partial charge in [-0.2, -0.15) is 0 Å². The van der Waals surface area contributed by atoms with Crippen LogP contribution in [-0.2, 0) is 5.88 Å². The fourth-order valence-corrected chi connectivity index (χ4v) is 3.21. The van der Waals surface area contributed by atoms with Crippen LogP contribution in [0, 0.1) is 5.92 Å². The van der Waals surface area contributed by atoms with Crippen LogP contribution in [0.25, 0.3) is 0 Å². The zero-order chi connectivity index (χ0) is 13.0. The van der Waals surface area contributed by atoms with Crippen LogP contribution in [0.3, 0.4) is 0 Å². The second-order valence-electron chi connectivity index (χ2n) is 5.33. The molecule has 100 valence electrons. The van der Waals surface area contributed by atoms with Crippen molar-refractivity contribution in [2.45, 2.75) is 50.9 Å². The highest BCUT2D eigenvalue weighted by Crippen LogP contribution is 2.32. The lowest BCUT2D eigenvalue weighted by Gasteiger charge is -2.36. The number of rotatable bonds is 4. The normalized spacial score (nSPS) is 23.9. The van der Waals surface area contributed by atoms with Gasteiger partial charge in [-0.15, -0.1) is 11.6 Å². The van der Waals surface area contributed by atoms with Gasteiger partial charge in [0.05, 0.1) is 5.88 Å². The summed E-state index contributed by atoms with van der Waals surface area (Å²) < 4.78 is 0. The molecule has 0 N–H and O–H groups in total. The van der Waals surface area contributed by atoms with E-state index >= 15 is 0 Å². The molecule has 1 heterocycles. The van der Waals surface area contributed by atoms with Crippen molar-refractivity contribution < 1.29 is 0 Å². The molecule has 0 bridgehead atoms. The molecule has 0 saturated heterocycles. The van der Waals surface area contributed by atoms with Gasteiger partial charge in [-0.3, -0.25) is 4.98 Å². The first-order valence-electron chi connectivity index (χ1n) is 6.98. The number of halogens is 1. The summed E-state index contributed by atoms with van der Waals surface area (Å²) in [5.41, 5.74) is 2.39. The summed E-state index contributed by atoms with van der Waals surface area (Å²) in [6.07, 6.45) is 10.4. The molecule has 0 amide bonds. The molecule has 18 heavy (non-hydrogen) atoms. The summed E-state index contributed by atoms with van der Waals surface area (Å²) in [5, 5.41) is 0. The van der Waals surface area contributed by atoms with Gasteiger partial charge in [0.25, 0.3) is 0 Å². The van der Waals surface area contributed by atoms with E-state index in [1.165, 1.54) is 37.8 Å². The highest BCUT2D eigenvalue weighted by molar-refractivity contribution is 6.17. The van der Waals surface area contributed by atoms with E-state index in [9.17, 15) is 0 Å². The molecule has 1 saturated carbocycles. The van der Waals surface area contributed by atoms with Crippen LogP contribution in [0.15, 0.2) is 18.5 Å². The lowest BCUT2D eigenvalue weighted by molar-refractivity contribution is 0.313. The summed E-state index contributed by atoms with van der Waals surface area (Å²) >= 11 is 5.99. The van der Waals surface area contributed by atoms with Gasteiger partial charge in [0, 0.05) is 36.7 Å². The van der Waals surface area contributed by atoms with Crippen LogP contribution >= 0.6 is 11.6 Å². The molecule has 2 nitrogen and oxygen atoms in total. The summed E-state index contributed by atoms with van der Waals surface area (Å²) in [6.45, 7) is 2.31. The molecule has 0 atom stereocenters. The van der Waals surface area contributed by atoms with Crippen LogP contribution in [0.2, 0.25) is 0 Å². The van der Waals surface area contributed by atoms with Crippen molar-refractivity contribution >= 4 is 17.3 Å². The van der Waals surface area contributed by atoms with Crippen molar-refractivity contribution in [3.05, 3.63) is 24.0 Å². The van der Waals surface area contributed by atoms with Gasteiger partial charge >= 0.3 is 0 Å². The first-order chi connectivity index (χ1) is 8.76. The second kappa shape index (κ2) is 6.42. The predicted molar refractivity (Wildman–Crippen MR) is 78.2 cm³/mol. The van der Waals surface area contributed by atoms with E-state index in [1.807, 2.05) is 12.4 Å². The molecule has 0 aliphatic heterocycles. The largest absolute Gasteiger partial charge is 0.371 e. The quantitative estimate of drug-likeness (QED) is 0.759. The zero-order valence-corrected chi connectivity index (χ0v) is 12.2. The Morgan fingerprint density at radius 1 is 1.33 bits per heavy atom. The van der Waals surface area contributed by atoms with E-state index in [0.717, 1.165) is 11.5 Å². The SMILES string of the molecule is CCC1CCC(N(C)c2ccncc2CCl)CC1. The Labute approximate surface area is 115 Å². The molecule has 0 radical (unpaired) electrons. The smallest absolute Gasteiger partial charge is 0.0509 e. The van der Waals surface area contributed by atoms with Crippen molar-refractivity contribution in [1.29, 1.82) is 0 Å². The number of nitrogens with zero attached hydrogens (tertiary/aromatic N) is 2. The third-order valence-electron chi connectivity index (χ3n) is 4.34. The molecule has 1 aromatic rings. The molecule has 0 aromatic carbocycles. The van der Waals surface area contributed by atoms with E-state index in [-0.39, 0.29) is 0 Å². The number of hydrogen-bond donors (Lipinski definition) is 0. The third-order valence-corrected chi connectivity index (χ3v) is 4.63. The van der Waals surface area contributed by atoms with Crippen LogP contribution in [-0.4, -0.2) is 18.1 Å². The van der Waals surface area contributed by atoms with Crippen molar-refractivity contribution in [2.24, 2.45) is 5.92 Å². The summed E-state index contributed by atoms with van der Waals surface area (Å²) in [7, 11) is 2.20. The minimum absolute atomic E-state index is 0.540. The first kappa shape index (κ1) is 13.7. The Kier molecular flexibility index (Phi) is 4.87. The summed E-state index contributed by atoms with van der Waals surface area (Å²) in [6, 6.07) is 2.75. The zero-order valence-electron chi connectivity index (χ0n) is 11.4. The van der Waals surface area contributed by atoms with Gasteiger partial charge in [-0.1, -0.05) is 13.3 Å². The molecule has 0 spiro atoms. The van der Waals surface area contributed by atoms with E-state index in [4.69, 9.17) is 11.6 Å². The van der Waals surface area contributed by atoms with Crippen LogP contribution < -0.4 is 4.90 Å². The Hall–Kier alpha value is -0.760. The van der Waals surface area contributed by atoms with Crippen LogP contribution in [0.4, 0.5) is 5.69 Å². The number of pyridine rings is 1. The fourth-order valence-electron chi connectivity index (χ4n) is 3.00. The molecule has 1 aliphatic rings. The molecule has 1 fully saturated rings. The minimum Gasteiger partial charge on any atom is -0.371 e. The van der Waals surface area contributed by atoms with Gasteiger partial charge in [-0.05, 0) is 37.7 Å². The monoisotopic (exact) mass is 266 g/mol. The highest BCUT2D eigenvalue weighted by Gasteiger charge is 2.24. The standard InChI is InChI=1S/C15H23ClN2/c1-3-12-4-6-14(7-5-12)18(2)15-8-9-17-11-13(15)10-16/h8-9,11-12,14H,3-7,10H2,1-2H3. The summed E-state index contributed by atoms with van der Waals surface area (Å²) in [4.78, 5) is 6.57. The maximum atomic E-state index is 5.99. The second-order valence-corrected chi connectivity index (χ2v) is 5.60. The van der Waals surface area contributed by atoms with Gasteiger partial charge < -0.3 is 4.90 Å². The first-order valence-corrected chi connectivity index (χ1v) is 7.51. The molecule has 3 heteroatoms. The molecule has 1 aromatic heterocycles. The van der Waals surface area contributed by atoms with Crippen molar-refractivity contribution in [2.75, 3.05) is 11.9 Å². The highest BCUT2D eigenvalue weighted by atomic mass is 35.5. The Bertz CT molecular complexity index is 373. The number of aromatic nitrogens is 1. The summed E-state index contributed by atoms with van der Waals surface area (Å²) in [5.74, 6) is 1.48. The lowest BCUT2D eigenvalue weighted by Crippen LogP contribution is -2.35. The van der Waals surface area contributed by atoms with Crippen molar-refractivity contribution in [3.8, 4) is 0 Å². The van der Waals surface area contributed by atoms with Crippen LogP contribution in [0.5, 0.6) is 0 Å². The van der Waals surface area contributed by atoms with E-state index in [2.05, 4.69) is 29.9 Å². The van der Waals surface area contributed by atoms with Gasteiger partial charge in [0.1, 0.15) is 0 Å². The maximum Gasteiger partial charge on any atom is 0.0509 e. The van der Waals surface area contributed by atoms with Crippen molar-refractivity contribution in [3.63, 3.8) is 0 Å². The third kappa shape index (κ3) is 2.97. The molecular formula is C15H23ClN2. The van der Waals surface area contributed by atoms with E-state index in [1.54, 1.807) is 0 Å². The molecule has 0 unspecified atom stereocenters. The fraction of sp³-hybridized carbons (Fsp3) is 0.667.